The van der Waals surface area contributed by atoms with Crippen LogP contribution in [0.3, 0.4) is 0 Å². The van der Waals surface area contributed by atoms with E-state index in [2.05, 4.69) is 20.9 Å². The first kappa shape index (κ1) is 13.3. The Morgan fingerprint density at radius 2 is 2.33 bits per heavy atom. The zero-order valence-electron chi connectivity index (χ0n) is 10.6. The number of carbonyl (C=O) groups excluding carboxylic acids is 1. The molecule has 0 aliphatic carbocycles. The van der Waals surface area contributed by atoms with Crippen LogP contribution in [0.2, 0.25) is 0 Å². The Kier molecular flexibility index (Phi) is 4.22. The summed E-state index contributed by atoms with van der Waals surface area (Å²) in [7, 11) is 1.44. The third-order valence-corrected chi connectivity index (χ3v) is 4.29. The maximum Gasteiger partial charge on any atom is 0.328 e. The van der Waals surface area contributed by atoms with Crippen LogP contribution in [-0.4, -0.2) is 30.6 Å². The van der Waals surface area contributed by atoms with E-state index in [0.717, 1.165) is 41.7 Å². The van der Waals surface area contributed by atoms with Gasteiger partial charge in [-0.2, -0.15) is 0 Å². The molecule has 5 heteroatoms. The molecule has 0 spiro atoms. The molecule has 1 saturated heterocycles. The second kappa shape index (κ2) is 5.69. The standard InChI is InChI=1S/C13H17BrN2O2/c1-9-6-7-15-12(11(9)14)16-8-4-3-5-10(16)13(17)18-2/h6-7,10H,3-5,8H2,1-2H3. The lowest BCUT2D eigenvalue weighted by Gasteiger charge is -2.35. The van der Waals surface area contributed by atoms with E-state index in [1.54, 1.807) is 6.20 Å². The molecule has 0 N–H and O–H groups in total. The van der Waals surface area contributed by atoms with Crippen LogP contribution in [0.25, 0.3) is 0 Å². The molecule has 0 aromatic carbocycles. The van der Waals surface area contributed by atoms with E-state index in [1.807, 2.05) is 17.9 Å². The molecule has 1 unspecified atom stereocenters. The Hall–Kier alpha value is -1.10. The number of pyridine rings is 1. The van der Waals surface area contributed by atoms with Gasteiger partial charge in [0, 0.05) is 12.7 Å². The predicted octanol–water partition coefficient (Wildman–Crippen LogP) is 2.68. The van der Waals surface area contributed by atoms with Crippen LogP contribution in [0.15, 0.2) is 16.7 Å². The molecule has 98 valence electrons. The molecular formula is C13H17BrN2O2. The summed E-state index contributed by atoms with van der Waals surface area (Å²) in [5, 5.41) is 0. The number of carbonyl (C=O) groups is 1. The Labute approximate surface area is 115 Å². The Morgan fingerprint density at radius 1 is 1.56 bits per heavy atom. The topological polar surface area (TPSA) is 42.4 Å². The molecule has 0 amide bonds. The lowest BCUT2D eigenvalue weighted by atomic mass is 10.0. The fourth-order valence-electron chi connectivity index (χ4n) is 2.29. The molecule has 1 aliphatic heterocycles. The SMILES string of the molecule is COC(=O)C1CCCCN1c1nccc(C)c1Br. The monoisotopic (exact) mass is 312 g/mol. The summed E-state index contributed by atoms with van der Waals surface area (Å²) in [4.78, 5) is 18.3. The lowest BCUT2D eigenvalue weighted by molar-refractivity contribution is -0.142. The highest BCUT2D eigenvalue weighted by Crippen LogP contribution is 2.31. The molecule has 2 rings (SSSR count). The van der Waals surface area contributed by atoms with E-state index in [1.165, 1.54) is 7.11 Å². The van der Waals surface area contributed by atoms with E-state index >= 15 is 0 Å². The average molecular weight is 313 g/mol. The Bertz CT molecular complexity index is 451. The molecular weight excluding hydrogens is 296 g/mol. The van der Waals surface area contributed by atoms with E-state index < -0.39 is 0 Å². The van der Waals surface area contributed by atoms with E-state index in [0.29, 0.717) is 0 Å². The van der Waals surface area contributed by atoms with Gasteiger partial charge >= 0.3 is 5.97 Å². The number of rotatable bonds is 2. The Morgan fingerprint density at radius 3 is 3.06 bits per heavy atom. The van der Waals surface area contributed by atoms with Crippen LogP contribution in [0.5, 0.6) is 0 Å². The van der Waals surface area contributed by atoms with Crippen molar-refractivity contribution in [2.24, 2.45) is 0 Å². The van der Waals surface area contributed by atoms with Gasteiger partial charge in [0.1, 0.15) is 11.9 Å². The predicted molar refractivity (Wildman–Crippen MR) is 73.7 cm³/mol. The summed E-state index contributed by atoms with van der Waals surface area (Å²) in [5.41, 5.74) is 1.12. The van der Waals surface area contributed by atoms with Crippen molar-refractivity contribution in [3.05, 3.63) is 22.3 Å². The first-order valence-corrected chi connectivity index (χ1v) is 6.90. The van der Waals surface area contributed by atoms with Crippen molar-refractivity contribution in [3.8, 4) is 0 Å². The van der Waals surface area contributed by atoms with Crippen molar-refractivity contribution in [3.63, 3.8) is 0 Å². The molecule has 1 fully saturated rings. The van der Waals surface area contributed by atoms with Gasteiger partial charge in [-0.25, -0.2) is 9.78 Å². The van der Waals surface area contributed by atoms with Gasteiger partial charge in [-0.3, -0.25) is 0 Å². The summed E-state index contributed by atoms with van der Waals surface area (Å²) >= 11 is 3.56. The fourth-order valence-corrected chi connectivity index (χ4v) is 2.75. The van der Waals surface area contributed by atoms with Gasteiger partial charge in [0.2, 0.25) is 0 Å². The van der Waals surface area contributed by atoms with E-state index in [4.69, 9.17) is 4.74 Å². The van der Waals surface area contributed by atoms with Crippen molar-refractivity contribution >= 4 is 27.7 Å². The van der Waals surface area contributed by atoms with Crippen molar-refractivity contribution in [2.45, 2.75) is 32.2 Å². The van der Waals surface area contributed by atoms with Gasteiger partial charge < -0.3 is 9.64 Å². The maximum atomic E-state index is 11.8. The molecule has 2 heterocycles. The number of methoxy groups -OCH3 is 1. The number of hydrogen-bond donors (Lipinski definition) is 0. The van der Waals surface area contributed by atoms with E-state index in [-0.39, 0.29) is 12.0 Å². The minimum absolute atomic E-state index is 0.176. The molecule has 1 aromatic rings. The zero-order valence-corrected chi connectivity index (χ0v) is 12.2. The number of esters is 1. The lowest BCUT2D eigenvalue weighted by Crippen LogP contribution is -2.46. The number of ether oxygens (including phenoxy) is 1. The Balaban J connectivity index is 2.34. The minimum atomic E-state index is -0.214. The van der Waals surface area contributed by atoms with Crippen LogP contribution in [0, 0.1) is 6.92 Å². The number of halogens is 1. The molecule has 1 atom stereocenters. The quantitative estimate of drug-likeness (QED) is 0.787. The van der Waals surface area contributed by atoms with Gasteiger partial charge in [0.25, 0.3) is 0 Å². The van der Waals surface area contributed by atoms with E-state index in [9.17, 15) is 4.79 Å². The van der Waals surface area contributed by atoms with Crippen molar-refractivity contribution < 1.29 is 9.53 Å². The van der Waals surface area contributed by atoms with Gasteiger partial charge in [-0.15, -0.1) is 0 Å². The van der Waals surface area contributed by atoms with Crippen molar-refractivity contribution in [1.29, 1.82) is 0 Å². The largest absolute Gasteiger partial charge is 0.467 e. The second-order valence-electron chi connectivity index (χ2n) is 4.49. The third-order valence-electron chi connectivity index (χ3n) is 3.31. The normalized spacial score (nSPS) is 19.7. The molecule has 1 aliphatic rings. The minimum Gasteiger partial charge on any atom is -0.467 e. The van der Waals surface area contributed by atoms with Gasteiger partial charge in [-0.05, 0) is 53.7 Å². The summed E-state index contributed by atoms with van der Waals surface area (Å²) in [6.45, 7) is 2.86. The van der Waals surface area contributed by atoms with Crippen LogP contribution >= 0.6 is 15.9 Å². The third kappa shape index (κ3) is 2.51. The number of hydrogen-bond acceptors (Lipinski definition) is 4. The summed E-state index contributed by atoms with van der Waals surface area (Å²) in [6.07, 6.45) is 4.74. The zero-order chi connectivity index (χ0) is 13.1. The summed E-state index contributed by atoms with van der Waals surface area (Å²) in [6, 6.07) is 1.74. The molecule has 1 aromatic heterocycles. The number of aryl methyl sites for hydroxylation is 1. The van der Waals surface area contributed by atoms with Gasteiger partial charge in [-0.1, -0.05) is 0 Å². The molecule has 0 bridgehead atoms. The highest BCUT2D eigenvalue weighted by molar-refractivity contribution is 9.10. The molecule has 4 nitrogen and oxygen atoms in total. The van der Waals surface area contributed by atoms with Crippen LogP contribution in [-0.2, 0) is 9.53 Å². The number of piperidine rings is 1. The average Bonchev–Trinajstić information content (AvgIpc) is 2.41. The molecule has 18 heavy (non-hydrogen) atoms. The first-order valence-electron chi connectivity index (χ1n) is 6.10. The summed E-state index contributed by atoms with van der Waals surface area (Å²) in [5.74, 6) is 0.662. The van der Waals surface area contributed by atoms with Crippen molar-refractivity contribution in [1.82, 2.24) is 4.98 Å². The number of aromatic nitrogens is 1. The highest BCUT2D eigenvalue weighted by Gasteiger charge is 2.31. The highest BCUT2D eigenvalue weighted by atomic mass is 79.9. The van der Waals surface area contributed by atoms with Crippen LogP contribution < -0.4 is 4.90 Å². The van der Waals surface area contributed by atoms with Gasteiger partial charge in [0.15, 0.2) is 0 Å². The van der Waals surface area contributed by atoms with Crippen LogP contribution in [0.1, 0.15) is 24.8 Å². The molecule has 0 radical (unpaired) electrons. The first-order chi connectivity index (χ1) is 8.65. The smallest absolute Gasteiger partial charge is 0.328 e. The molecule has 0 saturated carbocycles. The fraction of sp³-hybridized carbons (Fsp3) is 0.538. The van der Waals surface area contributed by atoms with Crippen molar-refractivity contribution in [2.75, 3.05) is 18.6 Å². The number of anilines is 1. The maximum absolute atomic E-state index is 11.8. The van der Waals surface area contributed by atoms with Crippen LogP contribution in [0.4, 0.5) is 5.82 Å². The second-order valence-corrected chi connectivity index (χ2v) is 5.29. The summed E-state index contributed by atoms with van der Waals surface area (Å²) < 4.78 is 5.85. The van der Waals surface area contributed by atoms with Gasteiger partial charge in [0.05, 0.1) is 11.6 Å². The number of nitrogens with zero attached hydrogens (tertiary/aromatic N) is 2.